The van der Waals surface area contributed by atoms with Gasteiger partial charge in [-0.05, 0) is 87.5 Å². The molecule has 1 saturated heterocycles. The van der Waals surface area contributed by atoms with E-state index in [1.165, 1.54) is 18.2 Å². The Balaban J connectivity index is 1.62. The first-order valence-corrected chi connectivity index (χ1v) is 13.6. The summed E-state index contributed by atoms with van der Waals surface area (Å²) in [5.74, 6) is -0.0402. The molecule has 3 heterocycles. The van der Waals surface area contributed by atoms with E-state index in [9.17, 15) is 9.18 Å². The Morgan fingerprint density at radius 3 is 2.58 bits per heavy atom. The SMILES string of the molecule is CC(C)(C)OC(=O)N1CCC(C(C)(C)Nc2c(/C(N)=N/c3cc(F)ccc3Cl)cnn3cc(Br)cc23)CC1. The number of anilines is 1. The Kier molecular flexibility index (Phi) is 7.95. The summed E-state index contributed by atoms with van der Waals surface area (Å²) in [6.45, 7) is 11.1. The number of nitrogens with one attached hydrogen (secondary N) is 1. The Morgan fingerprint density at radius 1 is 1.24 bits per heavy atom. The number of likely N-dealkylation sites (tertiary alicyclic amines) is 1. The van der Waals surface area contributed by atoms with Gasteiger partial charge in [-0.2, -0.15) is 5.10 Å². The van der Waals surface area contributed by atoms with Crippen LogP contribution in [-0.2, 0) is 4.74 Å². The minimum atomic E-state index is -0.527. The normalized spacial score (nSPS) is 15.7. The smallest absolute Gasteiger partial charge is 0.410 e. The van der Waals surface area contributed by atoms with Crippen LogP contribution in [0.3, 0.4) is 0 Å². The van der Waals surface area contributed by atoms with E-state index in [1.54, 1.807) is 15.6 Å². The van der Waals surface area contributed by atoms with Gasteiger partial charge in [0.1, 0.15) is 17.3 Å². The number of aliphatic imine (C=N–C) groups is 1. The number of aromatic nitrogens is 2. The van der Waals surface area contributed by atoms with E-state index < -0.39 is 11.4 Å². The molecule has 0 saturated carbocycles. The van der Waals surface area contributed by atoms with Crippen LogP contribution in [-0.4, -0.2) is 50.7 Å². The Bertz CT molecular complexity index is 1380. The third kappa shape index (κ3) is 6.40. The van der Waals surface area contributed by atoms with Crippen LogP contribution in [0.1, 0.15) is 53.0 Å². The summed E-state index contributed by atoms with van der Waals surface area (Å²) in [5, 5.41) is 8.48. The largest absolute Gasteiger partial charge is 0.444 e. The first-order chi connectivity index (χ1) is 17.7. The number of benzene rings is 1. The highest BCUT2D eigenvalue weighted by molar-refractivity contribution is 9.10. The number of ether oxygens (including phenoxy) is 1. The van der Waals surface area contributed by atoms with Crippen molar-refractivity contribution >= 4 is 56.4 Å². The molecule has 1 aliphatic rings. The fourth-order valence-corrected chi connectivity index (χ4v) is 5.22. The average molecular weight is 608 g/mol. The van der Waals surface area contributed by atoms with Crippen LogP contribution in [0.5, 0.6) is 0 Å². The second kappa shape index (κ2) is 10.7. The third-order valence-corrected chi connectivity index (χ3v) is 7.40. The molecule has 8 nitrogen and oxygen atoms in total. The van der Waals surface area contributed by atoms with Crippen LogP contribution < -0.4 is 11.1 Å². The molecule has 0 aliphatic carbocycles. The van der Waals surface area contributed by atoms with Crippen molar-refractivity contribution in [1.29, 1.82) is 0 Å². The molecule has 0 atom stereocenters. The topological polar surface area (TPSA) is 97.2 Å². The van der Waals surface area contributed by atoms with Crippen LogP contribution in [0.4, 0.5) is 20.6 Å². The molecular formula is C27H33BrClFN6O2. The van der Waals surface area contributed by atoms with Crippen molar-refractivity contribution in [3.05, 3.63) is 57.5 Å². The summed E-state index contributed by atoms with van der Waals surface area (Å²) in [6, 6.07) is 5.90. The van der Waals surface area contributed by atoms with Crippen molar-refractivity contribution in [2.45, 2.75) is 58.6 Å². The Morgan fingerprint density at radius 2 is 1.92 bits per heavy atom. The number of amidine groups is 1. The summed E-state index contributed by atoms with van der Waals surface area (Å²) in [5.41, 5.74) is 7.92. The Labute approximate surface area is 235 Å². The maximum absolute atomic E-state index is 13.8. The number of hydrogen-bond acceptors (Lipinski definition) is 5. The molecule has 3 N–H and O–H groups in total. The van der Waals surface area contributed by atoms with Gasteiger partial charge < -0.3 is 20.7 Å². The van der Waals surface area contributed by atoms with Gasteiger partial charge in [0.25, 0.3) is 0 Å². The number of carbonyl (C=O) groups is 1. The molecule has 1 fully saturated rings. The molecule has 4 rings (SSSR count). The van der Waals surface area contributed by atoms with Gasteiger partial charge in [0, 0.05) is 35.4 Å². The number of carbonyl (C=O) groups excluding carboxylic acids is 1. The number of halogens is 3. The summed E-state index contributed by atoms with van der Waals surface area (Å²) in [7, 11) is 0. The molecule has 0 radical (unpaired) electrons. The fourth-order valence-electron chi connectivity index (χ4n) is 4.65. The Hall–Kier alpha value is -2.85. The molecule has 3 aromatic rings. The number of nitrogens with two attached hydrogens (primary N) is 1. The van der Waals surface area contributed by atoms with Crippen molar-refractivity contribution in [3.63, 3.8) is 0 Å². The van der Waals surface area contributed by atoms with E-state index in [0.29, 0.717) is 23.7 Å². The van der Waals surface area contributed by atoms with Gasteiger partial charge in [0.05, 0.1) is 33.7 Å². The van der Waals surface area contributed by atoms with Crippen LogP contribution >= 0.6 is 27.5 Å². The molecule has 1 amide bonds. The average Bonchev–Trinajstić information content (AvgIpc) is 3.21. The first-order valence-electron chi connectivity index (χ1n) is 12.5. The number of piperidine rings is 1. The predicted octanol–water partition coefficient (Wildman–Crippen LogP) is 6.76. The molecule has 1 aliphatic heterocycles. The molecule has 11 heteroatoms. The van der Waals surface area contributed by atoms with Gasteiger partial charge in [-0.3, -0.25) is 0 Å². The van der Waals surface area contributed by atoms with E-state index >= 15 is 0 Å². The summed E-state index contributed by atoms with van der Waals surface area (Å²) < 4.78 is 22.0. The summed E-state index contributed by atoms with van der Waals surface area (Å²) >= 11 is 9.77. The maximum Gasteiger partial charge on any atom is 0.410 e. The lowest BCUT2D eigenvalue weighted by Crippen LogP contribution is -2.48. The van der Waals surface area contributed by atoms with Crippen molar-refractivity contribution in [2.24, 2.45) is 16.6 Å². The third-order valence-electron chi connectivity index (χ3n) is 6.64. The molecule has 38 heavy (non-hydrogen) atoms. The lowest BCUT2D eigenvalue weighted by atomic mass is 9.80. The first kappa shape index (κ1) is 28.2. The predicted molar refractivity (Wildman–Crippen MR) is 153 cm³/mol. The van der Waals surface area contributed by atoms with E-state index in [4.69, 9.17) is 22.1 Å². The molecule has 0 spiro atoms. The zero-order valence-corrected chi connectivity index (χ0v) is 24.5. The minimum Gasteiger partial charge on any atom is -0.444 e. The van der Waals surface area contributed by atoms with Crippen LogP contribution in [0.2, 0.25) is 5.02 Å². The van der Waals surface area contributed by atoms with E-state index in [0.717, 1.165) is 28.5 Å². The monoisotopic (exact) mass is 606 g/mol. The van der Waals surface area contributed by atoms with E-state index in [-0.39, 0.29) is 29.1 Å². The number of hydrogen-bond donors (Lipinski definition) is 2. The van der Waals surface area contributed by atoms with Crippen molar-refractivity contribution < 1.29 is 13.9 Å². The van der Waals surface area contributed by atoms with Gasteiger partial charge in [-0.15, -0.1) is 0 Å². The van der Waals surface area contributed by atoms with E-state index in [2.05, 4.69) is 45.2 Å². The molecule has 204 valence electrons. The molecular weight excluding hydrogens is 575 g/mol. The van der Waals surface area contributed by atoms with Crippen LogP contribution in [0, 0.1) is 11.7 Å². The lowest BCUT2D eigenvalue weighted by molar-refractivity contribution is 0.0162. The highest BCUT2D eigenvalue weighted by Gasteiger charge is 2.36. The van der Waals surface area contributed by atoms with Gasteiger partial charge >= 0.3 is 6.09 Å². The van der Waals surface area contributed by atoms with Gasteiger partial charge in [-0.1, -0.05) is 11.6 Å². The molecule has 2 aromatic heterocycles. The maximum atomic E-state index is 13.8. The van der Waals surface area contributed by atoms with Gasteiger partial charge in [-0.25, -0.2) is 18.7 Å². The van der Waals surface area contributed by atoms with Crippen LogP contribution in [0.25, 0.3) is 5.52 Å². The standard InChI is InChI=1S/C27H33BrClFN6O2/c1-26(2,3)38-25(37)35-10-8-16(9-11-35)27(4,5)34-23-19(14-32-36-15-17(28)12-22(23)36)24(31)33-21-13-18(30)6-7-20(21)29/h6-7,12-16,34H,8-11H2,1-5H3,(H2,31,33). The van der Waals surface area contributed by atoms with Crippen LogP contribution in [0.15, 0.2) is 46.1 Å². The molecule has 1 aromatic carbocycles. The molecule has 0 unspecified atom stereocenters. The zero-order chi connectivity index (χ0) is 27.8. The number of nitrogens with zero attached hydrogens (tertiary/aromatic N) is 4. The second-order valence-electron chi connectivity index (χ2n) is 11.1. The highest BCUT2D eigenvalue weighted by atomic mass is 79.9. The number of rotatable bonds is 5. The van der Waals surface area contributed by atoms with Gasteiger partial charge in [0.15, 0.2) is 0 Å². The van der Waals surface area contributed by atoms with Crippen molar-refractivity contribution in [1.82, 2.24) is 14.5 Å². The quantitative estimate of drug-likeness (QED) is 0.247. The molecule has 0 bridgehead atoms. The second-order valence-corrected chi connectivity index (χ2v) is 12.4. The van der Waals surface area contributed by atoms with E-state index in [1.807, 2.05) is 33.0 Å². The lowest BCUT2D eigenvalue weighted by Gasteiger charge is -2.42. The minimum absolute atomic E-state index is 0.155. The zero-order valence-electron chi connectivity index (χ0n) is 22.2. The summed E-state index contributed by atoms with van der Waals surface area (Å²) in [6.07, 6.45) is 4.83. The van der Waals surface area contributed by atoms with Gasteiger partial charge in [0.2, 0.25) is 0 Å². The van der Waals surface area contributed by atoms with Crippen molar-refractivity contribution in [2.75, 3.05) is 18.4 Å². The summed E-state index contributed by atoms with van der Waals surface area (Å²) in [4.78, 5) is 18.7. The number of amides is 1. The van der Waals surface area contributed by atoms with Crippen molar-refractivity contribution in [3.8, 4) is 0 Å². The number of fused-ring (bicyclic) bond motifs is 1. The highest BCUT2D eigenvalue weighted by Crippen LogP contribution is 2.36. The fraction of sp³-hybridized carbons (Fsp3) is 0.444.